The number of hydrogen-bond acceptors (Lipinski definition) is 10. The van der Waals surface area contributed by atoms with Gasteiger partial charge < -0.3 is 29.2 Å². The third-order valence-corrected chi connectivity index (χ3v) is 4.18. The minimum absolute atomic E-state index is 0.0539. The topological polar surface area (TPSA) is 146 Å². The number of benzene rings is 1. The van der Waals surface area contributed by atoms with E-state index in [4.69, 9.17) is 18.9 Å². The van der Waals surface area contributed by atoms with Crippen LogP contribution in [0.5, 0.6) is 0 Å². The number of rotatable bonds is 14. The van der Waals surface area contributed by atoms with Crippen molar-refractivity contribution in [1.29, 1.82) is 0 Å². The zero-order valence-corrected chi connectivity index (χ0v) is 19.2. The van der Waals surface area contributed by atoms with E-state index in [1.807, 2.05) is 0 Å². The number of ether oxygens (including phenoxy) is 4. The lowest BCUT2D eigenvalue weighted by atomic mass is 10.1. The van der Waals surface area contributed by atoms with Crippen LogP contribution in [0.1, 0.15) is 47.4 Å². The smallest absolute Gasteiger partial charge is 0.339 e. The Labute approximate surface area is 197 Å². The van der Waals surface area contributed by atoms with Crippen molar-refractivity contribution in [2.45, 2.75) is 38.9 Å². The molecule has 0 fully saturated rings. The second-order valence-electron chi connectivity index (χ2n) is 6.96. The summed E-state index contributed by atoms with van der Waals surface area (Å²) in [5.74, 6) is -2.79. The van der Waals surface area contributed by atoms with Gasteiger partial charge >= 0.3 is 23.9 Å². The molecule has 0 aliphatic carbocycles. The fourth-order valence-corrected chi connectivity index (χ4v) is 2.46. The first-order valence-corrected chi connectivity index (χ1v) is 10.7. The van der Waals surface area contributed by atoms with Crippen LogP contribution in [-0.4, -0.2) is 72.7 Å². The van der Waals surface area contributed by atoms with E-state index in [2.05, 4.69) is 0 Å². The fourth-order valence-electron chi connectivity index (χ4n) is 2.46. The van der Waals surface area contributed by atoms with Crippen molar-refractivity contribution in [1.82, 2.24) is 0 Å². The summed E-state index contributed by atoms with van der Waals surface area (Å²) in [5, 5.41) is 19.8. The van der Waals surface area contributed by atoms with Crippen molar-refractivity contribution in [2.75, 3.05) is 26.4 Å². The van der Waals surface area contributed by atoms with Crippen LogP contribution in [0.25, 0.3) is 0 Å². The lowest BCUT2D eigenvalue weighted by Crippen LogP contribution is -2.24. The molecular formula is C24H30O10. The van der Waals surface area contributed by atoms with E-state index in [9.17, 15) is 29.4 Å². The van der Waals surface area contributed by atoms with Crippen LogP contribution >= 0.6 is 0 Å². The molecule has 10 heteroatoms. The van der Waals surface area contributed by atoms with Gasteiger partial charge in [-0.2, -0.15) is 0 Å². The summed E-state index contributed by atoms with van der Waals surface area (Å²) in [4.78, 5) is 47.2. The molecule has 2 atom stereocenters. The van der Waals surface area contributed by atoms with Crippen molar-refractivity contribution in [3.8, 4) is 0 Å². The molecule has 0 saturated carbocycles. The highest BCUT2D eigenvalue weighted by molar-refractivity contribution is 6.03. The summed E-state index contributed by atoms with van der Waals surface area (Å²) in [5.41, 5.74) is -0.150. The molecule has 1 aromatic carbocycles. The molecule has 0 radical (unpaired) electrons. The molecule has 0 saturated heterocycles. The van der Waals surface area contributed by atoms with Gasteiger partial charge in [0.2, 0.25) is 0 Å². The Morgan fingerprint density at radius 3 is 1.47 bits per heavy atom. The molecule has 1 aromatic rings. The minimum Gasteiger partial charge on any atom is -0.462 e. The monoisotopic (exact) mass is 478 g/mol. The largest absolute Gasteiger partial charge is 0.462 e. The van der Waals surface area contributed by atoms with E-state index >= 15 is 0 Å². The molecule has 0 heterocycles. The van der Waals surface area contributed by atoms with E-state index in [0.29, 0.717) is 0 Å². The van der Waals surface area contributed by atoms with E-state index < -0.39 is 36.1 Å². The molecule has 0 aromatic heterocycles. The lowest BCUT2D eigenvalue weighted by molar-refractivity contribution is -0.139. The van der Waals surface area contributed by atoms with Crippen molar-refractivity contribution in [3.05, 3.63) is 59.7 Å². The molecule has 10 nitrogen and oxygen atoms in total. The Morgan fingerprint density at radius 2 is 1.12 bits per heavy atom. The zero-order chi connectivity index (χ0) is 25.3. The molecule has 2 N–H and O–H groups in total. The molecule has 2 unspecified atom stereocenters. The van der Waals surface area contributed by atoms with Crippen molar-refractivity contribution in [3.63, 3.8) is 0 Å². The van der Waals surface area contributed by atoms with Crippen molar-refractivity contribution < 1.29 is 48.3 Å². The van der Waals surface area contributed by atoms with Gasteiger partial charge in [-0.25, -0.2) is 19.2 Å². The summed E-state index contributed by atoms with van der Waals surface area (Å²) >= 11 is 0. The number of carbonyl (C=O) groups excluding carboxylic acids is 4. The third kappa shape index (κ3) is 11.4. The number of aliphatic hydroxyl groups excluding tert-OH is 2. The van der Waals surface area contributed by atoms with Gasteiger partial charge in [0.15, 0.2) is 0 Å². The number of allylic oxidation sites excluding steroid dienone is 2. The summed E-state index contributed by atoms with van der Waals surface area (Å²) < 4.78 is 19.8. The molecule has 0 spiro atoms. The fraction of sp³-hybridized carbons (Fsp3) is 0.417. The zero-order valence-electron chi connectivity index (χ0n) is 19.2. The highest BCUT2D eigenvalue weighted by atomic mass is 16.6. The number of carbonyl (C=O) groups is 4. The first-order chi connectivity index (χ1) is 16.3. The lowest BCUT2D eigenvalue weighted by Gasteiger charge is -2.14. The summed E-state index contributed by atoms with van der Waals surface area (Å²) in [6.45, 7) is 2.49. The molecule has 34 heavy (non-hydrogen) atoms. The van der Waals surface area contributed by atoms with E-state index in [-0.39, 0.29) is 50.4 Å². The van der Waals surface area contributed by atoms with Gasteiger partial charge in [0, 0.05) is 25.0 Å². The maximum atomic E-state index is 12.4. The molecule has 1 rings (SSSR count). The first kappa shape index (κ1) is 28.5. The van der Waals surface area contributed by atoms with Gasteiger partial charge in [-0.15, -0.1) is 0 Å². The summed E-state index contributed by atoms with van der Waals surface area (Å²) in [6, 6.07) is 5.78. The molecule has 0 amide bonds. The van der Waals surface area contributed by atoms with Crippen LogP contribution in [0, 0.1) is 0 Å². The predicted octanol–water partition coefficient (Wildman–Crippen LogP) is 1.74. The second kappa shape index (κ2) is 16.2. The highest BCUT2D eigenvalue weighted by Crippen LogP contribution is 2.13. The maximum Gasteiger partial charge on any atom is 0.339 e. The Morgan fingerprint density at radius 1 is 0.735 bits per heavy atom. The van der Waals surface area contributed by atoms with Crippen LogP contribution in [0.3, 0.4) is 0 Å². The van der Waals surface area contributed by atoms with Crippen LogP contribution in [-0.2, 0) is 28.5 Å². The minimum atomic E-state index is -1.07. The standard InChI is InChI=1S/C24H30O10/c1-3-7-21(27)31-13-11-17(25)15-33-23(29)19-9-5-6-10-20(19)24(30)34-16-18(26)12-14-32-22(28)8-4-2/h3-10,17-18,25-26H,11-16H2,1-2H3. The molecule has 0 bridgehead atoms. The Balaban J connectivity index is 2.51. The number of aliphatic hydroxyl groups is 2. The normalized spacial score (nSPS) is 12.8. The SMILES string of the molecule is CC=CC(=O)OCCC(O)COC(=O)c1ccccc1C(=O)OCC(O)CCOC(=O)C=CC. The third-order valence-electron chi connectivity index (χ3n) is 4.18. The average molecular weight is 478 g/mol. The maximum absolute atomic E-state index is 12.4. The van der Waals surface area contributed by atoms with Crippen LogP contribution in [0.15, 0.2) is 48.6 Å². The van der Waals surface area contributed by atoms with Crippen molar-refractivity contribution in [2.24, 2.45) is 0 Å². The Kier molecular flexibility index (Phi) is 13.6. The van der Waals surface area contributed by atoms with Crippen LogP contribution < -0.4 is 0 Å². The molecule has 0 aliphatic heterocycles. The molecular weight excluding hydrogens is 448 g/mol. The van der Waals surface area contributed by atoms with E-state index in [0.717, 1.165) is 0 Å². The van der Waals surface area contributed by atoms with Crippen LogP contribution in [0.2, 0.25) is 0 Å². The van der Waals surface area contributed by atoms with Gasteiger partial charge in [0.25, 0.3) is 0 Å². The number of esters is 4. The van der Waals surface area contributed by atoms with Gasteiger partial charge in [-0.05, 0) is 26.0 Å². The molecule has 186 valence electrons. The first-order valence-electron chi connectivity index (χ1n) is 10.7. The highest BCUT2D eigenvalue weighted by Gasteiger charge is 2.21. The average Bonchev–Trinajstić information content (AvgIpc) is 2.81. The van der Waals surface area contributed by atoms with Gasteiger partial charge in [0.1, 0.15) is 13.2 Å². The van der Waals surface area contributed by atoms with E-state index in [1.54, 1.807) is 13.8 Å². The molecule has 0 aliphatic rings. The van der Waals surface area contributed by atoms with Gasteiger partial charge in [-0.1, -0.05) is 24.3 Å². The second-order valence-corrected chi connectivity index (χ2v) is 6.96. The van der Waals surface area contributed by atoms with Gasteiger partial charge in [-0.3, -0.25) is 0 Å². The quantitative estimate of drug-likeness (QED) is 0.230. The summed E-state index contributed by atoms with van der Waals surface area (Å²) in [6.07, 6.45) is 3.49. The Hall–Kier alpha value is -3.50. The van der Waals surface area contributed by atoms with Crippen LogP contribution in [0.4, 0.5) is 0 Å². The Bertz CT molecular complexity index is 803. The number of hydrogen-bond donors (Lipinski definition) is 2. The summed E-state index contributed by atoms with van der Waals surface area (Å²) in [7, 11) is 0. The van der Waals surface area contributed by atoms with Gasteiger partial charge in [0.05, 0.1) is 36.5 Å². The predicted molar refractivity (Wildman–Crippen MR) is 120 cm³/mol. The van der Waals surface area contributed by atoms with Crippen molar-refractivity contribution >= 4 is 23.9 Å². The van der Waals surface area contributed by atoms with E-state index in [1.165, 1.54) is 48.6 Å².